The first-order chi connectivity index (χ1) is 7.41. The zero-order valence-corrected chi connectivity index (χ0v) is 11.1. The third kappa shape index (κ3) is 1.94. The Bertz CT molecular complexity index is 429. The van der Waals surface area contributed by atoms with Crippen molar-refractivity contribution in [2.45, 2.75) is 51.7 Å². The molecule has 2 atom stereocenters. The lowest BCUT2D eigenvalue weighted by Gasteiger charge is -2.25. The van der Waals surface area contributed by atoms with Gasteiger partial charge in [0.15, 0.2) is 4.77 Å². The lowest BCUT2D eigenvalue weighted by Crippen LogP contribution is -2.27. The van der Waals surface area contributed by atoms with Crippen LogP contribution in [0.1, 0.15) is 45.9 Å². The van der Waals surface area contributed by atoms with Gasteiger partial charge in [-0.05, 0) is 46.3 Å². The highest BCUT2D eigenvalue weighted by molar-refractivity contribution is 7.71. The molecule has 1 fully saturated rings. The molecule has 0 bridgehead atoms. The number of ether oxygens (including phenoxy) is 1. The second kappa shape index (κ2) is 3.96. The molecular weight excluding hydrogens is 222 g/mol. The first-order valence-electron chi connectivity index (χ1n) is 5.70. The quantitative estimate of drug-likeness (QED) is 0.768. The van der Waals surface area contributed by atoms with Crippen LogP contribution < -0.4 is 0 Å². The van der Waals surface area contributed by atoms with Crippen LogP contribution in [0.4, 0.5) is 0 Å². The minimum atomic E-state index is -0.0400. The van der Waals surface area contributed by atoms with Crippen LogP contribution in [0.5, 0.6) is 0 Å². The summed E-state index contributed by atoms with van der Waals surface area (Å²) in [7, 11) is 0. The van der Waals surface area contributed by atoms with Crippen LogP contribution in [0, 0.1) is 4.77 Å². The Kier molecular flexibility index (Phi) is 2.92. The van der Waals surface area contributed by atoms with Crippen molar-refractivity contribution in [3.63, 3.8) is 0 Å². The SMILES string of the molecule is CC1OCCC1c1n[nH]c(=S)n1C(C)(C)C. The standard InChI is InChI=1S/C11H19N3OS/c1-7-8(5-6-15-7)9-12-13-10(16)14(9)11(2,3)4/h7-8H,5-6H2,1-4H3,(H,13,16). The van der Waals surface area contributed by atoms with Gasteiger partial charge in [-0.1, -0.05) is 0 Å². The van der Waals surface area contributed by atoms with Gasteiger partial charge >= 0.3 is 0 Å². The molecule has 1 aromatic rings. The van der Waals surface area contributed by atoms with Crippen molar-refractivity contribution in [3.8, 4) is 0 Å². The van der Waals surface area contributed by atoms with E-state index in [1.54, 1.807) is 0 Å². The number of nitrogens with zero attached hydrogens (tertiary/aromatic N) is 2. The molecule has 0 spiro atoms. The molecule has 2 unspecified atom stereocenters. The van der Waals surface area contributed by atoms with Crippen molar-refractivity contribution in [2.24, 2.45) is 0 Å². The smallest absolute Gasteiger partial charge is 0.195 e. The molecule has 0 aromatic carbocycles. The maximum absolute atomic E-state index is 5.60. The highest BCUT2D eigenvalue weighted by Gasteiger charge is 2.32. The summed E-state index contributed by atoms with van der Waals surface area (Å²) in [5.74, 6) is 1.38. The van der Waals surface area contributed by atoms with Gasteiger partial charge < -0.3 is 4.74 Å². The monoisotopic (exact) mass is 241 g/mol. The molecule has 90 valence electrons. The fourth-order valence-corrected chi connectivity index (χ4v) is 2.69. The molecule has 2 heterocycles. The van der Waals surface area contributed by atoms with E-state index in [0.29, 0.717) is 10.7 Å². The molecule has 0 aliphatic carbocycles. The van der Waals surface area contributed by atoms with Gasteiger partial charge in [-0.3, -0.25) is 9.67 Å². The van der Waals surface area contributed by atoms with Crippen LogP contribution in [0.3, 0.4) is 0 Å². The molecule has 1 aliphatic heterocycles. The lowest BCUT2D eigenvalue weighted by molar-refractivity contribution is 0.116. The van der Waals surface area contributed by atoms with Crippen LogP contribution in [0.2, 0.25) is 0 Å². The van der Waals surface area contributed by atoms with Crippen LogP contribution in [0.15, 0.2) is 0 Å². The van der Waals surface area contributed by atoms with Crippen molar-refractivity contribution in [2.75, 3.05) is 6.61 Å². The molecule has 16 heavy (non-hydrogen) atoms. The van der Waals surface area contributed by atoms with Crippen LogP contribution in [-0.2, 0) is 10.3 Å². The van der Waals surface area contributed by atoms with E-state index in [2.05, 4.69) is 42.5 Å². The van der Waals surface area contributed by atoms with Gasteiger partial charge in [0, 0.05) is 18.1 Å². The topological polar surface area (TPSA) is 42.8 Å². The molecule has 1 aliphatic rings. The molecule has 5 heteroatoms. The highest BCUT2D eigenvalue weighted by Crippen LogP contribution is 2.32. The van der Waals surface area contributed by atoms with E-state index >= 15 is 0 Å². The minimum Gasteiger partial charge on any atom is -0.378 e. The summed E-state index contributed by atoms with van der Waals surface area (Å²) in [6.45, 7) is 9.34. The van der Waals surface area contributed by atoms with Gasteiger partial charge in [0.2, 0.25) is 0 Å². The molecule has 0 saturated carbocycles. The fraction of sp³-hybridized carbons (Fsp3) is 0.818. The summed E-state index contributed by atoms with van der Waals surface area (Å²) in [4.78, 5) is 0. The summed E-state index contributed by atoms with van der Waals surface area (Å²) >= 11 is 5.30. The molecule has 0 radical (unpaired) electrons. The fourth-order valence-electron chi connectivity index (χ4n) is 2.28. The van der Waals surface area contributed by atoms with Gasteiger partial charge in [0.25, 0.3) is 0 Å². The predicted molar refractivity (Wildman–Crippen MR) is 65.2 cm³/mol. The Balaban J connectivity index is 2.46. The first kappa shape index (κ1) is 11.8. The van der Waals surface area contributed by atoms with Gasteiger partial charge in [-0.15, -0.1) is 0 Å². The first-order valence-corrected chi connectivity index (χ1v) is 6.11. The highest BCUT2D eigenvalue weighted by atomic mass is 32.1. The van der Waals surface area contributed by atoms with E-state index in [9.17, 15) is 0 Å². The van der Waals surface area contributed by atoms with Crippen molar-refractivity contribution >= 4 is 12.2 Å². The number of aromatic amines is 1. The Morgan fingerprint density at radius 2 is 2.19 bits per heavy atom. The number of rotatable bonds is 1. The maximum Gasteiger partial charge on any atom is 0.195 e. The zero-order chi connectivity index (χ0) is 11.9. The molecule has 4 nitrogen and oxygen atoms in total. The Morgan fingerprint density at radius 1 is 1.50 bits per heavy atom. The average molecular weight is 241 g/mol. The van der Waals surface area contributed by atoms with Crippen LogP contribution in [-0.4, -0.2) is 27.5 Å². The summed E-state index contributed by atoms with van der Waals surface area (Å²) in [5.41, 5.74) is -0.0400. The molecule has 1 saturated heterocycles. The minimum absolute atomic E-state index is 0.0400. The second-order valence-corrected chi connectivity index (χ2v) is 5.75. The molecular formula is C11H19N3OS. The largest absolute Gasteiger partial charge is 0.378 e. The average Bonchev–Trinajstić information content (AvgIpc) is 2.69. The Hall–Kier alpha value is -0.680. The van der Waals surface area contributed by atoms with E-state index in [1.165, 1.54) is 0 Å². The summed E-state index contributed by atoms with van der Waals surface area (Å²) < 4.78 is 8.40. The van der Waals surface area contributed by atoms with E-state index < -0.39 is 0 Å². The van der Waals surface area contributed by atoms with Crippen molar-refractivity contribution in [1.82, 2.24) is 14.8 Å². The van der Waals surface area contributed by atoms with Crippen LogP contribution >= 0.6 is 12.2 Å². The van der Waals surface area contributed by atoms with Crippen molar-refractivity contribution < 1.29 is 4.74 Å². The van der Waals surface area contributed by atoms with Crippen LogP contribution in [0.25, 0.3) is 0 Å². The van der Waals surface area contributed by atoms with E-state index in [-0.39, 0.29) is 11.6 Å². The lowest BCUT2D eigenvalue weighted by atomic mass is 10.00. The van der Waals surface area contributed by atoms with Gasteiger partial charge in [-0.2, -0.15) is 5.10 Å². The third-order valence-electron chi connectivity index (χ3n) is 3.08. The normalized spacial score (nSPS) is 26.2. The Labute approximate surface area is 101 Å². The number of hydrogen-bond acceptors (Lipinski definition) is 3. The summed E-state index contributed by atoms with van der Waals surface area (Å²) in [6.07, 6.45) is 1.25. The molecule has 1 aromatic heterocycles. The number of aromatic nitrogens is 3. The van der Waals surface area contributed by atoms with Gasteiger partial charge in [-0.25, -0.2) is 0 Å². The number of hydrogen-bond donors (Lipinski definition) is 1. The van der Waals surface area contributed by atoms with Gasteiger partial charge in [0.05, 0.1) is 6.10 Å². The molecule has 0 amide bonds. The van der Waals surface area contributed by atoms with E-state index in [0.717, 1.165) is 18.9 Å². The number of nitrogens with one attached hydrogen (secondary N) is 1. The van der Waals surface area contributed by atoms with E-state index in [4.69, 9.17) is 17.0 Å². The second-order valence-electron chi connectivity index (χ2n) is 5.36. The van der Waals surface area contributed by atoms with Crippen molar-refractivity contribution in [3.05, 3.63) is 10.6 Å². The summed E-state index contributed by atoms with van der Waals surface area (Å²) in [5, 5.41) is 7.28. The van der Waals surface area contributed by atoms with Crippen molar-refractivity contribution in [1.29, 1.82) is 0 Å². The van der Waals surface area contributed by atoms with Gasteiger partial charge in [0.1, 0.15) is 5.82 Å². The predicted octanol–water partition coefficient (Wildman–Crippen LogP) is 2.59. The summed E-state index contributed by atoms with van der Waals surface area (Å²) in [6, 6.07) is 0. The van der Waals surface area contributed by atoms with E-state index in [1.807, 2.05) is 0 Å². The third-order valence-corrected chi connectivity index (χ3v) is 3.35. The Morgan fingerprint density at radius 3 is 2.69 bits per heavy atom. The molecule has 1 N–H and O–H groups in total. The number of H-pyrrole nitrogens is 1. The zero-order valence-electron chi connectivity index (χ0n) is 10.3. The maximum atomic E-state index is 5.60. The molecule has 2 rings (SSSR count).